The number of aromatic hydroxyl groups is 2. The fourth-order valence-corrected chi connectivity index (χ4v) is 3.42. The third-order valence-electron chi connectivity index (χ3n) is 4.83. The molecule has 2 N–H and O–H groups in total. The predicted octanol–water partition coefficient (Wildman–Crippen LogP) is 5.89. The first-order valence-corrected chi connectivity index (χ1v) is 10.2. The molecule has 4 rings (SSSR count). The number of alkyl halides is 3. The third kappa shape index (κ3) is 6.55. The quantitative estimate of drug-likeness (QED) is 0.472. The number of halogens is 3. The molecular formula is C25H24BF3O4. The molecule has 0 saturated heterocycles. The van der Waals surface area contributed by atoms with E-state index in [-0.39, 0.29) is 22.7 Å². The molecule has 0 atom stereocenters. The number of allylic oxidation sites excluding steroid dienone is 1. The molecule has 0 bridgehead atoms. The molecule has 0 saturated carbocycles. The summed E-state index contributed by atoms with van der Waals surface area (Å²) in [5, 5.41) is 18.3. The van der Waals surface area contributed by atoms with Crippen LogP contribution in [0.1, 0.15) is 26.3 Å². The van der Waals surface area contributed by atoms with Gasteiger partial charge in [-0.3, -0.25) is 0 Å². The molecule has 3 aromatic carbocycles. The van der Waals surface area contributed by atoms with Crippen LogP contribution in [0, 0.1) is 0 Å². The molecule has 0 amide bonds. The maximum atomic E-state index is 12.8. The van der Waals surface area contributed by atoms with E-state index >= 15 is 0 Å². The Hall–Kier alpha value is -3.39. The second-order valence-electron chi connectivity index (χ2n) is 8.11. The summed E-state index contributed by atoms with van der Waals surface area (Å²) >= 11 is 0. The van der Waals surface area contributed by atoms with Crippen molar-refractivity contribution in [3.63, 3.8) is 0 Å². The van der Waals surface area contributed by atoms with Crippen molar-refractivity contribution < 1.29 is 32.7 Å². The molecule has 3 aromatic rings. The van der Waals surface area contributed by atoms with Gasteiger partial charge in [-0.15, -0.1) is 0 Å². The highest BCUT2D eigenvalue weighted by atomic mass is 19.4. The molecule has 33 heavy (non-hydrogen) atoms. The first-order valence-electron chi connectivity index (χ1n) is 10.2. The van der Waals surface area contributed by atoms with Gasteiger partial charge in [-0.1, -0.05) is 42.5 Å². The molecule has 1 aliphatic heterocycles. The summed E-state index contributed by atoms with van der Waals surface area (Å²) < 4.78 is 49.7. The van der Waals surface area contributed by atoms with Crippen LogP contribution in [0.5, 0.6) is 11.5 Å². The topological polar surface area (TPSA) is 58.9 Å². The molecule has 0 fully saturated rings. The summed E-state index contributed by atoms with van der Waals surface area (Å²) in [6.07, 6.45) is -2.43. The second kappa shape index (κ2) is 9.62. The molecule has 0 unspecified atom stereocenters. The highest BCUT2D eigenvalue weighted by molar-refractivity contribution is 6.61. The molecule has 4 nitrogen and oxygen atoms in total. The average Bonchev–Trinajstić information content (AvgIpc) is 2.73. The maximum Gasteiger partial charge on any atom is 0.563 e. The van der Waals surface area contributed by atoms with Crippen molar-refractivity contribution in [3.05, 3.63) is 90.2 Å². The van der Waals surface area contributed by atoms with Crippen LogP contribution in [-0.4, -0.2) is 22.9 Å². The van der Waals surface area contributed by atoms with Crippen molar-refractivity contribution in [1.29, 1.82) is 0 Å². The minimum atomic E-state index is -4.38. The van der Waals surface area contributed by atoms with Crippen LogP contribution in [0.2, 0.25) is 0 Å². The van der Waals surface area contributed by atoms with Crippen molar-refractivity contribution in [2.45, 2.75) is 32.5 Å². The molecule has 0 spiro atoms. The lowest BCUT2D eigenvalue weighted by Gasteiger charge is -2.32. The molecule has 0 radical (unpaired) electrons. The Morgan fingerprint density at radius 3 is 1.91 bits per heavy atom. The summed E-state index contributed by atoms with van der Waals surface area (Å²) in [5.41, 5.74) is 0.435. The number of benzene rings is 3. The Kier molecular flexibility index (Phi) is 7.08. The van der Waals surface area contributed by atoms with Crippen LogP contribution in [0.4, 0.5) is 13.2 Å². The highest BCUT2D eigenvalue weighted by Gasteiger charge is 2.35. The monoisotopic (exact) mass is 456 g/mol. The van der Waals surface area contributed by atoms with Gasteiger partial charge in [0.25, 0.3) is 0 Å². The largest absolute Gasteiger partial charge is 0.563 e. The summed E-state index contributed by atoms with van der Waals surface area (Å²) in [4.78, 5) is 0. The molecule has 0 aliphatic carbocycles. The van der Waals surface area contributed by atoms with E-state index in [2.05, 4.69) is 0 Å². The molecule has 1 heterocycles. The van der Waals surface area contributed by atoms with Gasteiger partial charge in [-0.25, -0.2) is 0 Å². The number of hydrogen-bond acceptors (Lipinski definition) is 4. The van der Waals surface area contributed by atoms with E-state index < -0.39 is 18.9 Å². The molecule has 1 aliphatic rings. The normalized spacial score (nSPS) is 15.1. The lowest BCUT2D eigenvalue weighted by atomic mass is 9.76. The molecule has 172 valence electrons. The lowest BCUT2D eigenvalue weighted by molar-refractivity contribution is -0.137. The Bertz CT molecular complexity index is 1110. The van der Waals surface area contributed by atoms with Crippen LogP contribution in [-0.2, 0) is 15.5 Å². The third-order valence-corrected chi connectivity index (χ3v) is 4.83. The van der Waals surface area contributed by atoms with Gasteiger partial charge in [0, 0.05) is 0 Å². The molecular weight excluding hydrogens is 432 g/mol. The first kappa shape index (κ1) is 24.3. The van der Waals surface area contributed by atoms with Crippen molar-refractivity contribution in [1.82, 2.24) is 0 Å². The van der Waals surface area contributed by atoms with Gasteiger partial charge in [0.2, 0.25) is 0 Å². The maximum absolute atomic E-state index is 12.8. The van der Waals surface area contributed by atoms with E-state index in [4.69, 9.17) is 14.4 Å². The van der Waals surface area contributed by atoms with E-state index in [1.54, 1.807) is 30.3 Å². The van der Waals surface area contributed by atoms with Crippen LogP contribution in [0.15, 0.2) is 84.6 Å². The summed E-state index contributed by atoms with van der Waals surface area (Å²) in [6.45, 7) is 5.90. The Balaban J connectivity index is 0.000000186. The zero-order chi connectivity index (χ0) is 24.2. The number of phenols is 2. The Morgan fingerprint density at radius 1 is 0.818 bits per heavy atom. The van der Waals surface area contributed by atoms with Gasteiger partial charge < -0.3 is 19.5 Å². The lowest BCUT2D eigenvalue weighted by Crippen LogP contribution is -2.45. The van der Waals surface area contributed by atoms with Crippen molar-refractivity contribution in [2.24, 2.45) is 0 Å². The van der Waals surface area contributed by atoms with Crippen LogP contribution in [0.25, 0.3) is 11.1 Å². The number of hydrogen-bond donors (Lipinski definition) is 2. The number of rotatable bonds is 2. The van der Waals surface area contributed by atoms with Crippen LogP contribution >= 0.6 is 0 Å². The van der Waals surface area contributed by atoms with Crippen molar-refractivity contribution in [2.75, 3.05) is 0 Å². The Labute approximate surface area is 191 Å². The summed E-state index contributed by atoms with van der Waals surface area (Å²) in [6, 6.07) is 17.9. The van der Waals surface area contributed by atoms with Crippen LogP contribution in [0.3, 0.4) is 0 Å². The van der Waals surface area contributed by atoms with Gasteiger partial charge in [0.05, 0.1) is 16.9 Å². The highest BCUT2D eigenvalue weighted by Crippen LogP contribution is 2.37. The van der Waals surface area contributed by atoms with Gasteiger partial charge in [-0.2, -0.15) is 13.2 Å². The van der Waals surface area contributed by atoms with Gasteiger partial charge >= 0.3 is 13.3 Å². The molecule has 0 aromatic heterocycles. The fourth-order valence-electron chi connectivity index (χ4n) is 3.42. The van der Waals surface area contributed by atoms with Crippen molar-refractivity contribution >= 4 is 12.6 Å². The van der Waals surface area contributed by atoms with Gasteiger partial charge in [0.15, 0.2) is 0 Å². The van der Waals surface area contributed by atoms with Crippen LogP contribution < -0.4 is 5.46 Å². The van der Waals surface area contributed by atoms with Gasteiger partial charge in [-0.05, 0) is 73.8 Å². The zero-order valence-electron chi connectivity index (χ0n) is 18.4. The van der Waals surface area contributed by atoms with E-state index in [1.165, 1.54) is 36.4 Å². The molecule has 8 heteroatoms. The minimum absolute atomic E-state index is 0.0261. The standard InChI is InChI=1S/C13H9F3O.C12H15BO3/c14-13(15,16)12-4-2-1-3-11(12)9-5-7-10(17)8-6-9;1-9-8-12(2,3)16-13(15-9)10-4-6-11(14)7-5-10/h1-8,17H;4-8,14H,1-3H3. The average molecular weight is 456 g/mol. The summed E-state index contributed by atoms with van der Waals surface area (Å²) in [7, 11) is -0.402. The van der Waals surface area contributed by atoms with Gasteiger partial charge in [0.1, 0.15) is 11.5 Å². The zero-order valence-corrected chi connectivity index (χ0v) is 18.4. The van der Waals surface area contributed by atoms with E-state index in [9.17, 15) is 18.3 Å². The van der Waals surface area contributed by atoms with Crippen molar-refractivity contribution in [3.8, 4) is 22.6 Å². The van der Waals surface area contributed by atoms with E-state index in [1.807, 2.05) is 26.8 Å². The number of phenolic OH excluding ortho intramolecular Hbond substituents is 2. The predicted molar refractivity (Wildman–Crippen MR) is 122 cm³/mol. The minimum Gasteiger partial charge on any atom is -0.536 e. The smallest absolute Gasteiger partial charge is 0.536 e. The first-order chi connectivity index (χ1) is 15.4. The Morgan fingerprint density at radius 2 is 1.36 bits per heavy atom. The fraction of sp³-hybridized carbons (Fsp3) is 0.200. The summed E-state index contributed by atoms with van der Waals surface area (Å²) in [5.74, 6) is 1.12. The SMILES string of the molecule is CC1=CC(C)(C)OB(c2ccc(O)cc2)O1.Oc1ccc(-c2ccccc2C(F)(F)F)cc1. The van der Waals surface area contributed by atoms with E-state index in [0.29, 0.717) is 5.56 Å². The van der Waals surface area contributed by atoms with E-state index in [0.717, 1.165) is 17.3 Å². The second-order valence-corrected chi connectivity index (χ2v) is 8.11.